The van der Waals surface area contributed by atoms with E-state index in [9.17, 15) is 4.39 Å². The zero-order chi connectivity index (χ0) is 14.0. The predicted octanol–water partition coefficient (Wildman–Crippen LogP) is 2.85. The lowest BCUT2D eigenvalue weighted by Crippen LogP contribution is -2.49. The maximum absolute atomic E-state index is 14.3. The van der Waals surface area contributed by atoms with Crippen molar-refractivity contribution in [3.8, 4) is 0 Å². The van der Waals surface area contributed by atoms with Crippen LogP contribution in [0.5, 0.6) is 0 Å². The summed E-state index contributed by atoms with van der Waals surface area (Å²) in [5.41, 5.74) is 7.51. The van der Waals surface area contributed by atoms with Crippen molar-refractivity contribution in [2.75, 3.05) is 18.1 Å². The molecule has 1 aliphatic rings. The van der Waals surface area contributed by atoms with Crippen LogP contribution < -0.4 is 10.6 Å². The number of morpholine rings is 1. The Morgan fingerprint density at radius 2 is 2.26 bits per heavy atom. The molecule has 1 heterocycles. The summed E-state index contributed by atoms with van der Waals surface area (Å²) in [6.07, 6.45) is 1.04. The molecule has 2 N–H and O–H groups in total. The molecule has 0 spiro atoms. The van der Waals surface area contributed by atoms with Crippen molar-refractivity contribution in [1.29, 1.82) is 0 Å². The molecular formula is C15H23FN2O. The summed E-state index contributed by atoms with van der Waals surface area (Å²) in [4.78, 5) is 2.13. The van der Waals surface area contributed by atoms with Crippen molar-refractivity contribution in [1.82, 2.24) is 0 Å². The Balaban J connectivity index is 2.43. The summed E-state index contributed by atoms with van der Waals surface area (Å²) in [5, 5.41) is 0. The van der Waals surface area contributed by atoms with E-state index < -0.39 is 0 Å². The van der Waals surface area contributed by atoms with Crippen molar-refractivity contribution in [3.63, 3.8) is 0 Å². The van der Waals surface area contributed by atoms with Gasteiger partial charge in [0.15, 0.2) is 0 Å². The van der Waals surface area contributed by atoms with E-state index in [-0.39, 0.29) is 24.0 Å². The van der Waals surface area contributed by atoms with Gasteiger partial charge in [-0.1, -0.05) is 19.1 Å². The molecule has 0 aliphatic carbocycles. The van der Waals surface area contributed by atoms with E-state index >= 15 is 0 Å². The van der Waals surface area contributed by atoms with Crippen molar-refractivity contribution in [2.24, 2.45) is 5.73 Å². The smallest absolute Gasteiger partial charge is 0.146 e. The van der Waals surface area contributed by atoms with Crippen molar-refractivity contribution < 1.29 is 9.13 Å². The van der Waals surface area contributed by atoms with Crippen LogP contribution >= 0.6 is 0 Å². The molecule has 0 bridgehead atoms. The van der Waals surface area contributed by atoms with Crippen molar-refractivity contribution in [2.45, 2.75) is 45.4 Å². The average Bonchev–Trinajstić information content (AvgIpc) is 2.38. The molecule has 2 unspecified atom stereocenters. The highest BCUT2D eigenvalue weighted by Crippen LogP contribution is 2.32. The zero-order valence-electron chi connectivity index (χ0n) is 11.9. The quantitative estimate of drug-likeness (QED) is 0.914. The van der Waals surface area contributed by atoms with Gasteiger partial charge in [-0.05, 0) is 31.9 Å². The first-order chi connectivity index (χ1) is 9.04. The second-order valence-corrected chi connectivity index (χ2v) is 5.32. The minimum Gasteiger partial charge on any atom is -0.375 e. The Labute approximate surface area is 114 Å². The van der Waals surface area contributed by atoms with E-state index in [0.717, 1.165) is 12.0 Å². The fourth-order valence-corrected chi connectivity index (χ4v) is 2.66. The number of hydrogen-bond donors (Lipinski definition) is 1. The predicted molar refractivity (Wildman–Crippen MR) is 75.8 cm³/mol. The molecule has 1 aromatic rings. The van der Waals surface area contributed by atoms with Crippen LogP contribution in [0.25, 0.3) is 0 Å². The number of nitrogens with two attached hydrogens (primary N) is 1. The third kappa shape index (κ3) is 2.90. The molecule has 106 valence electrons. The van der Waals surface area contributed by atoms with Crippen LogP contribution in [0.2, 0.25) is 0 Å². The maximum Gasteiger partial charge on any atom is 0.146 e. The minimum atomic E-state index is -0.192. The van der Waals surface area contributed by atoms with E-state index in [1.807, 2.05) is 19.9 Å². The van der Waals surface area contributed by atoms with Crippen molar-refractivity contribution in [3.05, 3.63) is 29.6 Å². The normalized spacial score (nSPS) is 25.4. The van der Waals surface area contributed by atoms with Gasteiger partial charge in [0, 0.05) is 12.6 Å². The Hall–Kier alpha value is -1.13. The third-order valence-corrected chi connectivity index (χ3v) is 3.73. The molecular weight excluding hydrogens is 243 g/mol. The van der Waals surface area contributed by atoms with Crippen molar-refractivity contribution >= 4 is 5.69 Å². The Kier molecular flexibility index (Phi) is 4.42. The van der Waals surface area contributed by atoms with E-state index in [0.29, 0.717) is 18.8 Å². The molecule has 1 aromatic carbocycles. The number of halogens is 1. The molecule has 2 rings (SSSR count). The van der Waals surface area contributed by atoms with Gasteiger partial charge in [0.05, 0.1) is 24.4 Å². The lowest BCUT2D eigenvalue weighted by Gasteiger charge is -2.41. The first-order valence-electron chi connectivity index (χ1n) is 6.96. The summed E-state index contributed by atoms with van der Waals surface area (Å²) in [5.74, 6) is -0.192. The topological polar surface area (TPSA) is 38.5 Å². The number of para-hydroxylation sites is 1. The second-order valence-electron chi connectivity index (χ2n) is 5.32. The summed E-state index contributed by atoms with van der Waals surface area (Å²) in [6.45, 7) is 7.36. The molecule has 1 aliphatic heterocycles. The number of anilines is 1. The van der Waals surface area contributed by atoms with E-state index in [2.05, 4.69) is 11.8 Å². The number of rotatable bonds is 3. The van der Waals surface area contributed by atoms with Crippen LogP contribution in [-0.4, -0.2) is 25.3 Å². The van der Waals surface area contributed by atoms with Gasteiger partial charge in [0.2, 0.25) is 0 Å². The first-order valence-corrected chi connectivity index (χ1v) is 6.96. The van der Waals surface area contributed by atoms with Gasteiger partial charge in [-0.15, -0.1) is 0 Å². The summed E-state index contributed by atoms with van der Waals surface area (Å²) >= 11 is 0. The van der Waals surface area contributed by atoms with E-state index in [1.54, 1.807) is 6.07 Å². The molecule has 4 heteroatoms. The van der Waals surface area contributed by atoms with Crippen LogP contribution in [0, 0.1) is 5.82 Å². The number of benzene rings is 1. The van der Waals surface area contributed by atoms with Crippen LogP contribution in [-0.2, 0) is 4.74 Å². The van der Waals surface area contributed by atoms with Gasteiger partial charge >= 0.3 is 0 Å². The number of nitrogens with zero attached hydrogens (tertiary/aromatic N) is 1. The molecule has 0 saturated carbocycles. The van der Waals surface area contributed by atoms with Gasteiger partial charge in [0.25, 0.3) is 0 Å². The first kappa shape index (κ1) is 14.3. The summed E-state index contributed by atoms with van der Waals surface area (Å²) in [7, 11) is 0. The lowest BCUT2D eigenvalue weighted by atomic mass is 10.0. The van der Waals surface area contributed by atoms with Crippen LogP contribution in [0.3, 0.4) is 0 Å². The molecule has 19 heavy (non-hydrogen) atoms. The standard InChI is InChI=1S/C15H23FN2O/c1-4-12-9-19-10(2)8-18(12)15-13(11(3)17)6-5-7-14(15)16/h5-7,10-12H,4,8-9,17H2,1-3H3/t10?,11-,12?/m0/s1. The Morgan fingerprint density at radius 1 is 1.53 bits per heavy atom. The molecule has 1 saturated heterocycles. The second kappa shape index (κ2) is 5.88. The molecule has 0 amide bonds. The van der Waals surface area contributed by atoms with E-state index in [4.69, 9.17) is 10.5 Å². The highest BCUT2D eigenvalue weighted by molar-refractivity contribution is 5.57. The van der Waals surface area contributed by atoms with Crippen LogP contribution in [0.15, 0.2) is 18.2 Å². The highest BCUT2D eigenvalue weighted by atomic mass is 19.1. The largest absolute Gasteiger partial charge is 0.375 e. The molecule has 3 nitrogen and oxygen atoms in total. The lowest BCUT2D eigenvalue weighted by molar-refractivity contribution is 0.0296. The van der Waals surface area contributed by atoms with Crippen LogP contribution in [0.4, 0.5) is 10.1 Å². The van der Waals surface area contributed by atoms with E-state index in [1.165, 1.54) is 6.07 Å². The number of hydrogen-bond acceptors (Lipinski definition) is 3. The van der Waals surface area contributed by atoms with Gasteiger partial charge in [-0.3, -0.25) is 0 Å². The Morgan fingerprint density at radius 3 is 2.89 bits per heavy atom. The SMILES string of the molecule is CCC1COC(C)CN1c1c(F)cccc1[C@H](C)N. The molecule has 1 fully saturated rings. The molecule has 0 aromatic heterocycles. The third-order valence-electron chi connectivity index (χ3n) is 3.73. The minimum absolute atomic E-state index is 0.114. The summed E-state index contributed by atoms with van der Waals surface area (Å²) in [6, 6.07) is 5.18. The average molecular weight is 266 g/mol. The van der Waals surface area contributed by atoms with Gasteiger partial charge in [0.1, 0.15) is 5.82 Å². The Bertz CT molecular complexity index is 436. The maximum atomic E-state index is 14.3. The number of ether oxygens (including phenoxy) is 1. The summed E-state index contributed by atoms with van der Waals surface area (Å²) < 4.78 is 20.0. The van der Waals surface area contributed by atoms with Gasteiger partial charge in [-0.25, -0.2) is 4.39 Å². The monoisotopic (exact) mass is 266 g/mol. The highest BCUT2D eigenvalue weighted by Gasteiger charge is 2.29. The van der Waals surface area contributed by atoms with Gasteiger partial charge in [-0.2, -0.15) is 0 Å². The molecule has 3 atom stereocenters. The zero-order valence-corrected chi connectivity index (χ0v) is 11.9. The van der Waals surface area contributed by atoms with Gasteiger partial charge < -0.3 is 15.4 Å². The fraction of sp³-hybridized carbons (Fsp3) is 0.600. The molecule has 0 radical (unpaired) electrons. The fourth-order valence-electron chi connectivity index (χ4n) is 2.66. The van der Waals surface area contributed by atoms with Crippen LogP contribution in [0.1, 0.15) is 38.8 Å².